The van der Waals surface area contributed by atoms with Gasteiger partial charge in [-0.25, -0.2) is 0 Å². The van der Waals surface area contributed by atoms with Gasteiger partial charge in [0.05, 0.1) is 19.1 Å². The second-order valence-electron chi connectivity index (χ2n) is 6.99. The number of likely N-dealkylation sites (N-methyl/N-ethyl adjacent to an activating group) is 1. The van der Waals surface area contributed by atoms with Gasteiger partial charge in [-0.2, -0.15) is 0 Å². The third-order valence-electron chi connectivity index (χ3n) is 5.10. The van der Waals surface area contributed by atoms with Crippen molar-refractivity contribution in [1.29, 1.82) is 0 Å². The molecule has 0 bridgehead atoms. The topological polar surface area (TPSA) is 100 Å². The van der Waals surface area contributed by atoms with Crippen LogP contribution < -0.4 is 0 Å². The third-order valence-corrected chi connectivity index (χ3v) is 5.10. The molecular weight excluding hydrogens is 364 g/mol. The number of furan rings is 1. The van der Waals surface area contributed by atoms with E-state index in [9.17, 15) is 14.4 Å². The lowest BCUT2D eigenvalue weighted by molar-refractivity contribution is -0.145. The lowest BCUT2D eigenvalue weighted by atomic mass is 9.97. The van der Waals surface area contributed by atoms with Gasteiger partial charge in [-0.3, -0.25) is 14.4 Å². The van der Waals surface area contributed by atoms with Gasteiger partial charge in [0.1, 0.15) is 5.58 Å². The first kappa shape index (κ1) is 19.9. The van der Waals surface area contributed by atoms with Crippen molar-refractivity contribution in [3.8, 4) is 0 Å². The number of aliphatic carboxylic acids is 1. The minimum absolute atomic E-state index is 0.0972. The minimum Gasteiger partial charge on any atom is -0.481 e. The number of benzene rings is 1. The highest BCUT2D eigenvalue weighted by atomic mass is 16.5. The monoisotopic (exact) mass is 388 g/mol. The summed E-state index contributed by atoms with van der Waals surface area (Å²) in [4.78, 5) is 39.4. The molecule has 3 rings (SSSR count). The Balaban J connectivity index is 1.69. The van der Waals surface area contributed by atoms with Crippen LogP contribution in [0.4, 0.5) is 0 Å². The summed E-state index contributed by atoms with van der Waals surface area (Å²) in [7, 11) is 3.10. The lowest BCUT2D eigenvalue weighted by Crippen LogP contribution is -2.45. The molecule has 0 atom stereocenters. The zero-order valence-corrected chi connectivity index (χ0v) is 16.0. The summed E-state index contributed by atoms with van der Waals surface area (Å²) in [6.45, 7) is 0.900. The van der Waals surface area contributed by atoms with Crippen molar-refractivity contribution in [1.82, 2.24) is 9.80 Å². The van der Waals surface area contributed by atoms with Crippen LogP contribution in [-0.4, -0.2) is 66.5 Å². The Morgan fingerprint density at radius 2 is 1.93 bits per heavy atom. The summed E-state index contributed by atoms with van der Waals surface area (Å²) in [6.07, 6.45) is 0.862. The fourth-order valence-electron chi connectivity index (χ4n) is 3.48. The zero-order valence-electron chi connectivity index (χ0n) is 16.0. The number of para-hydroxylation sites is 1. The lowest BCUT2D eigenvalue weighted by Gasteiger charge is -2.31. The highest BCUT2D eigenvalue weighted by Gasteiger charge is 2.29. The largest absolute Gasteiger partial charge is 0.481 e. The summed E-state index contributed by atoms with van der Waals surface area (Å²) in [5.74, 6) is -1.66. The van der Waals surface area contributed by atoms with Gasteiger partial charge in [-0.1, -0.05) is 18.2 Å². The number of amides is 2. The summed E-state index contributed by atoms with van der Waals surface area (Å²) in [5, 5.41) is 9.87. The van der Waals surface area contributed by atoms with E-state index in [4.69, 9.17) is 14.3 Å². The van der Waals surface area contributed by atoms with Crippen LogP contribution in [0.25, 0.3) is 11.0 Å². The van der Waals surface area contributed by atoms with E-state index in [1.165, 1.54) is 4.90 Å². The number of fused-ring (bicyclic) bond motifs is 1. The fraction of sp³-hybridized carbons (Fsp3) is 0.450. The molecule has 0 saturated carbocycles. The maximum absolute atomic E-state index is 12.9. The number of carbonyl (C=O) groups excluding carboxylic acids is 2. The van der Waals surface area contributed by atoms with Crippen LogP contribution in [0.2, 0.25) is 0 Å². The molecule has 2 aromatic rings. The molecule has 1 saturated heterocycles. The van der Waals surface area contributed by atoms with Gasteiger partial charge < -0.3 is 24.1 Å². The highest BCUT2D eigenvalue weighted by molar-refractivity contribution is 6.00. The predicted molar refractivity (Wildman–Crippen MR) is 101 cm³/mol. The Bertz CT molecular complexity index is 882. The molecule has 8 nitrogen and oxygen atoms in total. The molecule has 150 valence electrons. The number of likely N-dealkylation sites (tertiary alicyclic amines) is 1. The first-order chi connectivity index (χ1) is 13.4. The van der Waals surface area contributed by atoms with E-state index >= 15 is 0 Å². The Hall–Kier alpha value is -2.87. The number of ether oxygens (including phenoxy) is 1. The van der Waals surface area contributed by atoms with Crippen molar-refractivity contribution in [3.63, 3.8) is 0 Å². The van der Waals surface area contributed by atoms with E-state index in [1.807, 2.05) is 18.2 Å². The average Bonchev–Trinajstić information content (AvgIpc) is 3.06. The van der Waals surface area contributed by atoms with E-state index in [-0.39, 0.29) is 24.8 Å². The van der Waals surface area contributed by atoms with Gasteiger partial charge in [0.2, 0.25) is 5.91 Å². The molecule has 1 aliphatic rings. The number of nitrogens with zero attached hydrogens (tertiary/aromatic N) is 2. The van der Waals surface area contributed by atoms with Gasteiger partial charge in [0.25, 0.3) is 5.91 Å². The summed E-state index contributed by atoms with van der Waals surface area (Å²) < 4.78 is 11.0. The van der Waals surface area contributed by atoms with E-state index in [2.05, 4.69) is 0 Å². The van der Waals surface area contributed by atoms with Crippen molar-refractivity contribution < 1.29 is 28.6 Å². The number of methoxy groups -OCH3 is 1. The SMILES string of the molecule is COCc1c(C(=O)N(C)CC(=O)N2CCC(C(=O)O)CC2)oc2ccccc12. The maximum atomic E-state index is 12.9. The Kier molecular flexibility index (Phi) is 5.99. The second-order valence-corrected chi connectivity index (χ2v) is 6.99. The number of hydrogen-bond acceptors (Lipinski definition) is 5. The van der Waals surface area contributed by atoms with Crippen LogP contribution in [-0.2, 0) is 20.9 Å². The van der Waals surface area contributed by atoms with Crippen molar-refractivity contribution in [2.45, 2.75) is 19.4 Å². The average molecular weight is 388 g/mol. The number of carbonyl (C=O) groups is 3. The number of carboxylic acids is 1. The normalized spacial score (nSPS) is 15.0. The minimum atomic E-state index is -0.824. The van der Waals surface area contributed by atoms with Crippen LogP contribution in [0.1, 0.15) is 29.0 Å². The van der Waals surface area contributed by atoms with Crippen molar-refractivity contribution in [2.75, 3.05) is 33.8 Å². The van der Waals surface area contributed by atoms with Crippen molar-refractivity contribution in [2.24, 2.45) is 5.92 Å². The van der Waals surface area contributed by atoms with E-state index in [0.717, 1.165) is 5.39 Å². The smallest absolute Gasteiger partial charge is 0.306 e. The molecule has 2 amide bonds. The first-order valence-corrected chi connectivity index (χ1v) is 9.17. The van der Waals surface area contributed by atoms with Crippen LogP contribution in [0, 0.1) is 5.92 Å². The molecule has 1 fully saturated rings. The molecule has 2 heterocycles. The quantitative estimate of drug-likeness (QED) is 0.812. The number of piperidine rings is 1. The van der Waals surface area contributed by atoms with Crippen LogP contribution in [0.15, 0.2) is 28.7 Å². The standard InChI is InChI=1S/C20H24N2O6/c1-21(11-17(23)22-9-7-13(8-10-22)20(25)26)19(24)18-15(12-27-2)14-5-3-4-6-16(14)28-18/h3-6,13H,7-12H2,1-2H3,(H,25,26). The van der Waals surface area contributed by atoms with Gasteiger partial charge in [0, 0.05) is 38.2 Å². The number of rotatable bonds is 6. The molecule has 1 aromatic carbocycles. The maximum Gasteiger partial charge on any atom is 0.306 e. The molecule has 0 unspecified atom stereocenters. The van der Waals surface area contributed by atoms with Gasteiger partial charge in [-0.05, 0) is 18.9 Å². The molecule has 0 spiro atoms. The summed E-state index contributed by atoms with van der Waals surface area (Å²) in [6, 6.07) is 7.33. The highest BCUT2D eigenvalue weighted by Crippen LogP contribution is 2.27. The first-order valence-electron chi connectivity index (χ1n) is 9.17. The third kappa shape index (κ3) is 4.01. The number of hydrogen-bond donors (Lipinski definition) is 1. The van der Waals surface area contributed by atoms with Gasteiger partial charge >= 0.3 is 5.97 Å². The fourth-order valence-corrected chi connectivity index (χ4v) is 3.48. The van der Waals surface area contributed by atoms with Crippen LogP contribution >= 0.6 is 0 Å². The molecule has 1 aliphatic heterocycles. The predicted octanol–water partition coefficient (Wildman–Crippen LogP) is 1.97. The molecular formula is C20H24N2O6. The van der Waals surface area contributed by atoms with Crippen molar-refractivity contribution in [3.05, 3.63) is 35.6 Å². The van der Waals surface area contributed by atoms with Gasteiger partial charge in [-0.15, -0.1) is 0 Å². The molecule has 0 aliphatic carbocycles. The van der Waals surface area contributed by atoms with E-state index in [1.54, 1.807) is 25.1 Å². The molecule has 28 heavy (non-hydrogen) atoms. The Morgan fingerprint density at radius 1 is 1.25 bits per heavy atom. The number of carboxylic acid groups (broad SMARTS) is 1. The Morgan fingerprint density at radius 3 is 2.57 bits per heavy atom. The molecule has 1 N–H and O–H groups in total. The summed E-state index contributed by atoms with van der Waals surface area (Å²) in [5.41, 5.74) is 1.25. The summed E-state index contributed by atoms with van der Waals surface area (Å²) >= 11 is 0. The Labute approximate surface area is 162 Å². The van der Waals surface area contributed by atoms with Crippen molar-refractivity contribution >= 4 is 28.8 Å². The molecule has 8 heteroatoms. The molecule has 0 radical (unpaired) electrons. The molecule has 1 aromatic heterocycles. The zero-order chi connectivity index (χ0) is 20.3. The van der Waals surface area contributed by atoms with Crippen LogP contribution in [0.5, 0.6) is 0 Å². The van der Waals surface area contributed by atoms with E-state index in [0.29, 0.717) is 37.1 Å². The van der Waals surface area contributed by atoms with Gasteiger partial charge in [0.15, 0.2) is 5.76 Å². The van der Waals surface area contributed by atoms with E-state index < -0.39 is 17.8 Å². The van der Waals surface area contributed by atoms with Crippen LogP contribution in [0.3, 0.4) is 0 Å². The second kappa shape index (κ2) is 8.43.